The number of rotatable bonds is 7. The Bertz CT molecular complexity index is 819. The fraction of sp³-hybridized carbons (Fsp3) is 0.429. The zero-order chi connectivity index (χ0) is 20.6. The first-order chi connectivity index (χ1) is 14.0. The molecule has 1 aliphatic rings. The number of benzene rings is 1. The molecule has 0 spiro atoms. The Morgan fingerprint density at radius 1 is 1.17 bits per heavy atom. The van der Waals surface area contributed by atoms with E-state index in [4.69, 9.17) is 23.2 Å². The molecule has 0 bridgehead atoms. The second-order valence-electron chi connectivity index (χ2n) is 7.01. The number of hydrogen-bond acceptors (Lipinski definition) is 4. The lowest BCUT2D eigenvalue weighted by Gasteiger charge is -2.17. The van der Waals surface area contributed by atoms with Crippen molar-refractivity contribution in [2.45, 2.75) is 32.4 Å². The number of pyridine rings is 1. The molecule has 1 unspecified atom stereocenters. The van der Waals surface area contributed by atoms with E-state index in [-0.39, 0.29) is 6.54 Å². The summed E-state index contributed by atoms with van der Waals surface area (Å²) < 4.78 is 0. The van der Waals surface area contributed by atoms with Gasteiger partial charge in [0.1, 0.15) is 5.82 Å². The van der Waals surface area contributed by atoms with E-state index in [0.29, 0.717) is 28.1 Å². The maximum atomic E-state index is 10.5. The number of aliphatic imine (C=N–C) groups is 1. The second-order valence-corrected chi connectivity index (χ2v) is 7.88. The summed E-state index contributed by atoms with van der Waals surface area (Å²) in [5.74, 6) is 1.65. The van der Waals surface area contributed by atoms with Crippen molar-refractivity contribution in [3.63, 3.8) is 0 Å². The summed E-state index contributed by atoms with van der Waals surface area (Å²) in [6.07, 6.45) is 3.53. The molecule has 156 valence electrons. The predicted octanol–water partition coefficient (Wildman–Crippen LogP) is 3.78. The molecule has 0 amide bonds. The zero-order valence-corrected chi connectivity index (χ0v) is 18.0. The highest BCUT2D eigenvalue weighted by Crippen LogP contribution is 2.23. The largest absolute Gasteiger partial charge is 0.387 e. The lowest BCUT2D eigenvalue weighted by atomic mass is 10.1. The van der Waals surface area contributed by atoms with Gasteiger partial charge in [0, 0.05) is 42.4 Å². The molecule has 1 aromatic heterocycles. The van der Waals surface area contributed by atoms with Crippen LogP contribution in [0.25, 0.3) is 0 Å². The van der Waals surface area contributed by atoms with Gasteiger partial charge in [0.2, 0.25) is 0 Å². The molecule has 1 aliphatic heterocycles. The van der Waals surface area contributed by atoms with Crippen LogP contribution < -0.4 is 15.5 Å². The summed E-state index contributed by atoms with van der Waals surface area (Å²) in [5, 5.41) is 17.8. The summed E-state index contributed by atoms with van der Waals surface area (Å²) in [4.78, 5) is 11.4. The van der Waals surface area contributed by atoms with E-state index in [9.17, 15) is 5.11 Å². The lowest BCUT2D eigenvalue weighted by Crippen LogP contribution is -2.39. The molecule has 0 aliphatic carbocycles. The molecular formula is C21H27Cl2N5O. The number of aromatic nitrogens is 1. The van der Waals surface area contributed by atoms with E-state index in [1.165, 1.54) is 12.8 Å². The van der Waals surface area contributed by atoms with Gasteiger partial charge in [0.05, 0.1) is 12.6 Å². The van der Waals surface area contributed by atoms with Crippen LogP contribution >= 0.6 is 23.2 Å². The molecule has 6 nitrogen and oxygen atoms in total. The molecule has 1 aromatic carbocycles. The Balaban J connectivity index is 1.61. The number of hydrogen-bond donors (Lipinski definition) is 3. The van der Waals surface area contributed by atoms with Gasteiger partial charge >= 0.3 is 0 Å². The van der Waals surface area contributed by atoms with Gasteiger partial charge in [0.15, 0.2) is 5.96 Å². The minimum atomic E-state index is -0.752. The van der Waals surface area contributed by atoms with Gasteiger partial charge in [-0.1, -0.05) is 23.2 Å². The number of nitrogens with one attached hydrogen (secondary N) is 2. The van der Waals surface area contributed by atoms with Crippen LogP contribution in [0.4, 0.5) is 5.82 Å². The summed E-state index contributed by atoms with van der Waals surface area (Å²) in [6, 6.07) is 9.14. The van der Waals surface area contributed by atoms with Crippen molar-refractivity contribution in [2.24, 2.45) is 4.99 Å². The van der Waals surface area contributed by atoms with Crippen LogP contribution in [0.2, 0.25) is 10.0 Å². The maximum absolute atomic E-state index is 10.5. The van der Waals surface area contributed by atoms with E-state index >= 15 is 0 Å². The molecule has 3 N–H and O–H groups in total. The van der Waals surface area contributed by atoms with Gasteiger partial charge in [-0.2, -0.15) is 0 Å². The van der Waals surface area contributed by atoms with Crippen LogP contribution in [0.15, 0.2) is 41.5 Å². The van der Waals surface area contributed by atoms with Crippen LogP contribution in [-0.4, -0.2) is 42.2 Å². The average Bonchev–Trinajstić information content (AvgIpc) is 3.24. The quantitative estimate of drug-likeness (QED) is 0.455. The monoisotopic (exact) mass is 435 g/mol. The first-order valence-electron chi connectivity index (χ1n) is 9.91. The van der Waals surface area contributed by atoms with Crippen molar-refractivity contribution in [1.29, 1.82) is 0 Å². The number of aliphatic hydroxyl groups is 1. The molecule has 1 saturated heterocycles. The summed E-state index contributed by atoms with van der Waals surface area (Å²) in [7, 11) is 0. The van der Waals surface area contributed by atoms with Crippen LogP contribution in [0.5, 0.6) is 0 Å². The standard InChI is InChI=1S/C21H27Cl2N5O/c1-2-24-21(27-14-19(29)16-10-17(22)12-18(23)11-16)26-13-15-5-6-25-20(9-15)28-7-3-4-8-28/h5-6,9-12,19,29H,2-4,7-8,13-14H2,1H3,(H2,24,26,27). The van der Waals surface area contributed by atoms with E-state index in [0.717, 1.165) is 31.0 Å². The highest BCUT2D eigenvalue weighted by molar-refractivity contribution is 6.34. The number of anilines is 1. The van der Waals surface area contributed by atoms with E-state index in [1.54, 1.807) is 18.2 Å². The van der Waals surface area contributed by atoms with Gasteiger partial charge in [0.25, 0.3) is 0 Å². The van der Waals surface area contributed by atoms with Gasteiger partial charge in [-0.3, -0.25) is 0 Å². The molecule has 1 atom stereocenters. The SMILES string of the molecule is CCNC(=NCc1ccnc(N2CCCC2)c1)NCC(O)c1cc(Cl)cc(Cl)c1. The van der Waals surface area contributed by atoms with Crippen molar-refractivity contribution >= 4 is 35.0 Å². The molecule has 1 fully saturated rings. The van der Waals surface area contributed by atoms with E-state index in [1.807, 2.05) is 19.2 Å². The molecule has 2 heterocycles. The zero-order valence-electron chi connectivity index (χ0n) is 16.5. The van der Waals surface area contributed by atoms with Crippen molar-refractivity contribution in [3.05, 3.63) is 57.7 Å². The molecule has 2 aromatic rings. The number of guanidine groups is 1. The van der Waals surface area contributed by atoms with Crippen molar-refractivity contribution in [3.8, 4) is 0 Å². The van der Waals surface area contributed by atoms with Crippen LogP contribution in [0.3, 0.4) is 0 Å². The Morgan fingerprint density at radius 3 is 2.59 bits per heavy atom. The first kappa shape index (κ1) is 21.7. The van der Waals surface area contributed by atoms with Gasteiger partial charge in [-0.05, 0) is 61.2 Å². The molecular weight excluding hydrogens is 409 g/mol. The van der Waals surface area contributed by atoms with Crippen molar-refractivity contribution < 1.29 is 5.11 Å². The lowest BCUT2D eigenvalue weighted by molar-refractivity contribution is 0.181. The highest BCUT2D eigenvalue weighted by atomic mass is 35.5. The van der Waals surface area contributed by atoms with Crippen molar-refractivity contribution in [2.75, 3.05) is 31.1 Å². The Morgan fingerprint density at radius 2 is 1.90 bits per heavy atom. The van der Waals surface area contributed by atoms with Crippen molar-refractivity contribution in [1.82, 2.24) is 15.6 Å². The number of halogens is 2. The Labute approximate surface area is 182 Å². The summed E-state index contributed by atoms with van der Waals surface area (Å²) in [6.45, 7) is 5.67. The molecule has 29 heavy (non-hydrogen) atoms. The number of nitrogens with zero attached hydrogens (tertiary/aromatic N) is 3. The minimum Gasteiger partial charge on any atom is -0.387 e. The van der Waals surface area contributed by atoms with Crippen LogP contribution in [0, 0.1) is 0 Å². The van der Waals surface area contributed by atoms with Gasteiger partial charge in [-0.15, -0.1) is 0 Å². The Kier molecular flexibility index (Phi) is 7.98. The molecule has 0 saturated carbocycles. The maximum Gasteiger partial charge on any atom is 0.191 e. The normalized spacial score (nSPS) is 15.4. The third-order valence-electron chi connectivity index (χ3n) is 4.74. The second kappa shape index (κ2) is 10.7. The average molecular weight is 436 g/mol. The molecule has 8 heteroatoms. The fourth-order valence-electron chi connectivity index (χ4n) is 3.27. The van der Waals surface area contributed by atoms with Gasteiger partial charge < -0.3 is 20.6 Å². The minimum absolute atomic E-state index is 0.290. The topological polar surface area (TPSA) is 72.8 Å². The highest BCUT2D eigenvalue weighted by Gasteiger charge is 2.14. The van der Waals surface area contributed by atoms with Crippen LogP contribution in [-0.2, 0) is 6.54 Å². The van der Waals surface area contributed by atoms with Crippen LogP contribution in [0.1, 0.15) is 37.0 Å². The van der Waals surface area contributed by atoms with E-state index in [2.05, 4.69) is 31.6 Å². The third kappa shape index (κ3) is 6.49. The first-order valence-corrected chi connectivity index (χ1v) is 10.7. The Hall–Kier alpha value is -2.02. The predicted molar refractivity (Wildman–Crippen MR) is 120 cm³/mol. The smallest absolute Gasteiger partial charge is 0.191 e. The van der Waals surface area contributed by atoms with Gasteiger partial charge in [-0.25, -0.2) is 9.98 Å². The third-order valence-corrected chi connectivity index (χ3v) is 5.17. The molecule has 3 rings (SSSR count). The summed E-state index contributed by atoms with van der Waals surface area (Å²) >= 11 is 12.0. The summed E-state index contributed by atoms with van der Waals surface area (Å²) in [5.41, 5.74) is 1.76. The fourth-order valence-corrected chi connectivity index (χ4v) is 3.81. The van der Waals surface area contributed by atoms with E-state index < -0.39 is 6.10 Å². The molecule has 0 radical (unpaired) electrons. The number of aliphatic hydroxyl groups excluding tert-OH is 1.